The number of aryl methyl sites for hydroxylation is 3. The standard InChI is InChI=1S/C17H17BrFN/c1-10-3-4-12-5-6-16(13(12)7-10)20-17-9-15(19)14(18)8-11(17)2/h3-4,7-9,16,20H,5-6H2,1-2H3. The first-order chi connectivity index (χ1) is 9.54. The maximum Gasteiger partial charge on any atom is 0.139 e. The lowest BCUT2D eigenvalue weighted by Gasteiger charge is -2.18. The molecule has 0 bridgehead atoms. The number of benzene rings is 2. The van der Waals surface area contributed by atoms with E-state index in [4.69, 9.17) is 0 Å². The molecule has 0 heterocycles. The molecular formula is C17H17BrFN. The summed E-state index contributed by atoms with van der Waals surface area (Å²) in [6.07, 6.45) is 2.15. The molecule has 3 heteroatoms. The average Bonchev–Trinajstić information content (AvgIpc) is 2.78. The third-order valence-corrected chi connectivity index (χ3v) is 4.58. The first-order valence-electron chi connectivity index (χ1n) is 6.86. The van der Waals surface area contributed by atoms with Gasteiger partial charge in [-0.3, -0.25) is 0 Å². The second-order valence-corrected chi connectivity index (χ2v) is 6.37. The van der Waals surface area contributed by atoms with Gasteiger partial charge in [-0.05, 0) is 71.4 Å². The Labute approximate surface area is 127 Å². The maximum absolute atomic E-state index is 13.7. The van der Waals surface area contributed by atoms with Crippen molar-refractivity contribution in [3.8, 4) is 0 Å². The Morgan fingerprint density at radius 1 is 1.20 bits per heavy atom. The van der Waals surface area contributed by atoms with Crippen LogP contribution in [0.25, 0.3) is 0 Å². The van der Waals surface area contributed by atoms with Crippen LogP contribution >= 0.6 is 15.9 Å². The fourth-order valence-electron chi connectivity index (χ4n) is 2.86. The Kier molecular flexibility index (Phi) is 3.55. The topological polar surface area (TPSA) is 12.0 Å². The smallest absolute Gasteiger partial charge is 0.139 e. The van der Waals surface area contributed by atoms with Crippen molar-refractivity contribution >= 4 is 21.6 Å². The largest absolute Gasteiger partial charge is 0.378 e. The summed E-state index contributed by atoms with van der Waals surface area (Å²) in [5.41, 5.74) is 5.97. The van der Waals surface area contributed by atoms with Gasteiger partial charge in [0.2, 0.25) is 0 Å². The molecule has 1 N–H and O–H groups in total. The molecule has 0 saturated heterocycles. The van der Waals surface area contributed by atoms with Gasteiger partial charge < -0.3 is 5.32 Å². The van der Waals surface area contributed by atoms with Gasteiger partial charge in [0.05, 0.1) is 10.5 Å². The van der Waals surface area contributed by atoms with E-state index in [1.54, 1.807) is 6.07 Å². The van der Waals surface area contributed by atoms with Gasteiger partial charge in [0.25, 0.3) is 0 Å². The molecule has 0 amide bonds. The van der Waals surface area contributed by atoms with Crippen LogP contribution < -0.4 is 5.32 Å². The molecule has 104 valence electrons. The minimum atomic E-state index is -0.222. The van der Waals surface area contributed by atoms with Gasteiger partial charge in [0, 0.05) is 5.69 Å². The first kappa shape index (κ1) is 13.6. The van der Waals surface area contributed by atoms with Crippen LogP contribution in [0.4, 0.5) is 10.1 Å². The molecule has 0 saturated carbocycles. The summed E-state index contributed by atoms with van der Waals surface area (Å²) in [6, 6.07) is 10.3. The fraction of sp³-hybridized carbons (Fsp3) is 0.294. The highest BCUT2D eigenvalue weighted by Gasteiger charge is 2.22. The van der Waals surface area contributed by atoms with Crippen molar-refractivity contribution in [1.82, 2.24) is 0 Å². The van der Waals surface area contributed by atoms with E-state index in [9.17, 15) is 4.39 Å². The molecule has 20 heavy (non-hydrogen) atoms. The Hall–Kier alpha value is -1.35. The van der Waals surface area contributed by atoms with Gasteiger partial charge in [0.1, 0.15) is 5.82 Å². The molecule has 0 spiro atoms. The molecule has 1 aliphatic carbocycles. The highest BCUT2D eigenvalue weighted by Crippen LogP contribution is 2.36. The zero-order valence-electron chi connectivity index (χ0n) is 11.6. The highest BCUT2D eigenvalue weighted by molar-refractivity contribution is 9.10. The summed E-state index contributed by atoms with van der Waals surface area (Å²) in [4.78, 5) is 0. The molecule has 1 aliphatic rings. The average molecular weight is 334 g/mol. The van der Waals surface area contributed by atoms with Crippen LogP contribution in [-0.4, -0.2) is 0 Å². The predicted molar refractivity (Wildman–Crippen MR) is 84.7 cm³/mol. The van der Waals surface area contributed by atoms with Gasteiger partial charge in [-0.1, -0.05) is 23.8 Å². The summed E-state index contributed by atoms with van der Waals surface area (Å²) >= 11 is 3.23. The quantitative estimate of drug-likeness (QED) is 0.785. The zero-order valence-corrected chi connectivity index (χ0v) is 13.2. The number of rotatable bonds is 2. The lowest BCUT2D eigenvalue weighted by molar-refractivity contribution is 0.620. The summed E-state index contributed by atoms with van der Waals surface area (Å²) < 4.78 is 14.2. The molecule has 1 atom stereocenters. The third kappa shape index (κ3) is 2.47. The Morgan fingerprint density at radius 2 is 2.00 bits per heavy atom. The van der Waals surface area contributed by atoms with Crippen LogP contribution in [0.2, 0.25) is 0 Å². The summed E-state index contributed by atoms with van der Waals surface area (Å²) in [6.45, 7) is 4.11. The lowest BCUT2D eigenvalue weighted by atomic mass is 10.0. The number of anilines is 1. The fourth-order valence-corrected chi connectivity index (χ4v) is 3.32. The minimum absolute atomic E-state index is 0.222. The van der Waals surface area contributed by atoms with Gasteiger partial charge in [-0.2, -0.15) is 0 Å². The second kappa shape index (κ2) is 5.21. The molecule has 0 aliphatic heterocycles. The number of hydrogen-bond donors (Lipinski definition) is 1. The molecule has 0 fully saturated rings. The van der Waals surface area contributed by atoms with Crippen LogP contribution in [0.3, 0.4) is 0 Å². The van der Waals surface area contributed by atoms with Crippen molar-refractivity contribution in [2.45, 2.75) is 32.7 Å². The van der Waals surface area contributed by atoms with Gasteiger partial charge in [-0.15, -0.1) is 0 Å². The van der Waals surface area contributed by atoms with Crippen LogP contribution in [0.1, 0.15) is 34.7 Å². The number of nitrogens with one attached hydrogen (secondary N) is 1. The predicted octanol–water partition coefficient (Wildman–Crippen LogP) is 5.30. The van der Waals surface area contributed by atoms with Crippen LogP contribution in [-0.2, 0) is 6.42 Å². The monoisotopic (exact) mass is 333 g/mol. The Bertz CT molecular complexity index is 666. The zero-order chi connectivity index (χ0) is 14.3. The van der Waals surface area contributed by atoms with E-state index in [1.165, 1.54) is 16.7 Å². The highest BCUT2D eigenvalue weighted by atomic mass is 79.9. The minimum Gasteiger partial charge on any atom is -0.378 e. The number of fused-ring (bicyclic) bond motifs is 1. The van der Waals surface area contributed by atoms with Crippen molar-refractivity contribution in [2.75, 3.05) is 5.32 Å². The van der Waals surface area contributed by atoms with E-state index in [1.807, 2.05) is 13.0 Å². The molecule has 2 aromatic carbocycles. The van der Waals surface area contributed by atoms with Crippen LogP contribution in [0, 0.1) is 19.7 Å². The van der Waals surface area contributed by atoms with Crippen molar-refractivity contribution in [3.63, 3.8) is 0 Å². The second-order valence-electron chi connectivity index (χ2n) is 5.52. The van der Waals surface area contributed by atoms with E-state index in [0.29, 0.717) is 4.47 Å². The molecule has 1 nitrogen and oxygen atoms in total. The van der Waals surface area contributed by atoms with Crippen LogP contribution in [0.5, 0.6) is 0 Å². The number of hydrogen-bond acceptors (Lipinski definition) is 1. The van der Waals surface area contributed by atoms with Crippen molar-refractivity contribution < 1.29 is 4.39 Å². The van der Waals surface area contributed by atoms with Gasteiger partial charge >= 0.3 is 0 Å². The lowest BCUT2D eigenvalue weighted by Crippen LogP contribution is -2.08. The molecule has 0 radical (unpaired) electrons. The van der Waals surface area contributed by atoms with E-state index in [-0.39, 0.29) is 11.9 Å². The molecule has 2 aromatic rings. The Balaban J connectivity index is 1.91. The Morgan fingerprint density at radius 3 is 2.80 bits per heavy atom. The normalized spacial score (nSPS) is 17.1. The number of halogens is 2. The molecule has 1 unspecified atom stereocenters. The van der Waals surface area contributed by atoms with E-state index in [0.717, 1.165) is 24.1 Å². The SMILES string of the molecule is Cc1ccc2c(c1)C(Nc1cc(F)c(Br)cc1C)CC2. The van der Waals surface area contributed by atoms with Crippen molar-refractivity contribution in [3.05, 3.63) is 62.9 Å². The molecule has 0 aromatic heterocycles. The van der Waals surface area contributed by atoms with Gasteiger partial charge in [-0.25, -0.2) is 4.39 Å². The van der Waals surface area contributed by atoms with E-state index < -0.39 is 0 Å². The van der Waals surface area contributed by atoms with Gasteiger partial charge in [0.15, 0.2) is 0 Å². The summed E-state index contributed by atoms with van der Waals surface area (Å²) in [7, 11) is 0. The van der Waals surface area contributed by atoms with Crippen molar-refractivity contribution in [1.29, 1.82) is 0 Å². The van der Waals surface area contributed by atoms with E-state index in [2.05, 4.69) is 46.4 Å². The molecule has 3 rings (SSSR count). The van der Waals surface area contributed by atoms with Crippen LogP contribution in [0.15, 0.2) is 34.8 Å². The van der Waals surface area contributed by atoms with Crippen molar-refractivity contribution in [2.24, 2.45) is 0 Å². The first-order valence-corrected chi connectivity index (χ1v) is 7.65. The summed E-state index contributed by atoms with van der Waals surface area (Å²) in [5.74, 6) is -0.222. The maximum atomic E-state index is 13.7. The summed E-state index contributed by atoms with van der Waals surface area (Å²) in [5, 5.41) is 3.50. The van der Waals surface area contributed by atoms with E-state index >= 15 is 0 Å². The molecular weight excluding hydrogens is 317 g/mol. The third-order valence-electron chi connectivity index (χ3n) is 3.98.